The fourth-order valence-electron chi connectivity index (χ4n) is 4.53. The molecule has 0 N–H and O–H groups in total. The first kappa shape index (κ1) is 21.6. The van der Waals surface area contributed by atoms with E-state index in [0.717, 1.165) is 46.2 Å². The van der Waals surface area contributed by atoms with Gasteiger partial charge in [0.05, 0.1) is 24.1 Å². The maximum atomic E-state index is 13.9. The van der Waals surface area contributed by atoms with Crippen LogP contribution in [0.25, 0.3) is 21.6 Å². The third kappa shape index (κ3) is 4.11. The van der Waals surface area contributed by atoms with Gasteiger partial charge in [-0.2, -0.15) is 0 Å². The summed E-state index contributed by atoms with van der Waals surface area (Å²) in [5, 5.41) is 0.786. The first-order valence-corrected chi connectivity index (χ1v) is 12.2. The van der Waals surface area contributed by atoms with Crippen LogP contribution in [0, 0.1) is 6.92 Å². The molecule has 0 radical (unpaired) electrons. The second kappa shape index (κ2) is 8.94. The summed E-state index contributed by atoms with van der Waals surface area (Å²) in [4.78, 5) is 33.1. The van der Waals surface area contributed by atoms with Gasteiger partial charge >= 0.3 is 5.97 Å². The molecule has 0 bridgehead atoms. The van der Waals surface area contributed by atoms with Gasteiger partial charge in [-0.15, -0.1) is 11.3 Å². The Morgan fingerprint density at radius 3 is 2.67 bits per heavy atom. The number of carbonyl (C=O) groups excluding carboxylic acids is 1. The second-order valence-electron chi connectivity index (χ2n) is 8.50. The Morgan fingerprint density at radius 2 is 1.91 bits per heavy atom. The maximum Gasteiger partial charge on any atom is 0.338 e. The minimum atomic E-state index is -0.338. The van der Waals surface area contributed by atoms with Crippen molar-refractivity contribution in [3.63, 3.8) is 0 Å². The van der Waals surface area contributed by atoms with Gasteiger partial charge in [0.2, 0.25) is 0 Å². The van der Waals surface area contributed by atoms with E-state index in [-0.39, 0.29) is 11.5 Å². The number of hydrogen-bond donors (Lipinski definition) is 0. The predicted molar refractivity (Wildman–Crippen MR) is 132 cm³/mol. The molecule has 5 rings (SSSR count). The highest BCUT2D eigenvalue weighted by atomic mass is 32.1. The summed E-state index contributed by atoms with van der Waals surface area (Å²) in [7, 11) is 0. The van der Waals surface area contributed by atoms with Crippen molar-refractivity contribution < 1.29 is 9.53 Å². The number of rotatable bonds is 5. The lowest BCUT2D eigenvalue weighted by Crippen LogP contribution is -2.24. The highest BCUT2D eigenvalue weighted by molar-refractivity contribution is 7.18. The molecule has 0 spiro atoms. The van der Waals surface area contributed by atoms with Gasteiger partial charge in [0, 0.05) is 10.4 Å². The van der Waals surface area contributed by atoms with Gasteiger partial charge in [-0.25, -0.2) is 9.78 Å². The van der Waals surface area contributed by atoms with Crippen molar-refractivity contribution >= 4 is 27.5 Å². The number of fused-ring (bicyclic) bond motifs is 3. The monoisotopic (exact) mass is 458 g/mol. The molecular formula is C27H26N2O3S. The van der Waals surface area contributed by atoms with Gasteiger partial charge in [-0.3, -0.25) is 9.36 Å². The quantitative estimate of drug-likeness (QED) is 0.369. The van der Waals surface area contributed by atoms with E-state index in [2.05, 4.69) is 6.07 Å². The van der Waals surface area contributed by atoms with Gasteiger partial charge in [0.25, 0.3) is 5.56 Å². The smallest absolute Gasteiger partial charge is 0.338 e. The van der Waals surface area contributed by atoms with Crippen molar-refractivity contribution in [2.45, 2.75) is 46.1 Å². The van der Waals surface area contributed by atoms with Crippen molar-refractivity contribution in [1.82, 2.24) is 9.55 Å². The molecule has 0 atom stereocenters. The molecule has 5 nitrogen and oxygen atoms in total. The van der Waals surface area contributed by atoms with Gasteiger partial charge < -0.3 is 4.74 Å². The first-order valence-electron chi connectivity index (χ1n) is 11.4. The number of aromatic nitrogens is 2. The summed E-state index contributed by atoms with van der Waals surface area (Å²) in [5.41, 5.74) is 4.71. The van der Waals surface area contributed by atoms with Crippen LogP contribution in [0.5, 0.6) is 0 Å². The van der Waals surface area contributed by atoms with Gasteiger partial charge in [-0.1, -0.05) is 35.9 Å². The van der Waals surface area contributed by atoms with Gasteiger partial charge in [0.15, 0.2) is 0 Å². The summed E-state index contributed by atoms with van der Waals surface area (Å²) in [6, 6.07) is 15.4. The lowest BCUT2D eigenvalue weighted by atomic mass is 9.97. The fraction of sp³-hybridized carbons (Fsp3) is 0.296. The van der Waals surface area contributed by atoms with Crippen LogP contribution in [0.15, 0.2) is 53.3 Å². The molecule has 0 saturated heterocycles. The zero-order valence-corrected chi connectivity index (χ0v) is 19.7. The van der Waals surface area contributed by atoms with Crippen LogP contribution in [0.3, 0.4) is 0 Å². The van der Waals surface area contributed by atoms with E-state index in [4.69, 9.17) is 9.72 Å². The number of aryl methyl sites for hydroxylation is 3. The number of thiophene rings is 1. The molecule has 2 aromatic heterocycles. The number of carbonyl (C=O) groups is 1. The van der Waals surface area contributed by atoms with Crippen molar-refractivity contribution in [2.75, 3.05) is 6.61 Å². The molecule has 2 aromatic carbocycles. The molecule has 4 aromatic rings. The van der Waals surface area contributed by atoms with Crippen molar-refractivity contribution in [3.8, 4) is 11.4 Å². The van der Waals surface area contributed by atoms with Crippen LogP contribution in [0.2, 0.25) is 0 Å². The molecule has 0 unspecified atom stereocenters. The molecule has 6 heteroatoms. The number of ether oxygens (including phenoxy) is 1. The average molecular weight is 459 g/mol. The Hall–Kier alpha value is -3.25. The van der Waals surface area contributed by atoms with E-state index >= 15 is 0 Å². The molecule has 2 heterocycles. The summed E-state index contributed by atoms with van der Waals surface area (Å²) in [6.07, 6.45) is 4.27. The topological polar surface area (TPSA) is 61.2 Å². The van der Waals surface area contributed by atoms with Crippen LogP contribution in [-0.4, -0.2) is 22.1 Å². The van der Waals surface area contributed by atoms with Crippen LogP contribution in [0.1, 0.15) is 51.7 Å². The zero-order valence-electron chi connectivity index (χ0n) is 18.9. The molecule has 0 amide bonds. The minimum absolute atomic E-state index is 0.0189. The normalized spacial score (nSPS) is 13.2. The summed E-state index contributed by atoms with van der Waals surface area (Å²) in [6.45, 7) is 4.56. The predicted octanol–water partition coefficient (Wildman–Crippen LogP) is 5.54. The van der Waals surface area contributed by atoms with E-state index < -0.39 is 0 Å². The molecule has 0 fully saturated rings. The maximum absolute atomic E-state index is 13.9. The van der Waals surface area contributed by atoms with Crippen molar-refractivity contribution in [1.29, 1.82) is 0 Å². The standard InChI is InChI=1S/C27H26N2O3S/c1-3-32-27(31)19-13-11-18(12-14-19)16-29-24(20-8-6-7-17(2)15-20)28-25-23(26(29)30)21-9-4-5-10-22(21)33-25/h6-8,11-15H,3-5,9-10,16H2,1-2H3. The highest BCUT2D eigenvalue weighted by Crippen LogP contribution is 2.35. The SMILES string of the molecule is CCOC(=O)c1ccc(Cn2c(-c3cccc(C)c3)nc3sc4c(c3c2=O)CCCC4)cc1. The van der Waals surface area contributed by atoms with E-state index in [0.29, 0.717) is 24.5 Å². The number of hydrogen-bond acceptors (Lipinski definition) is 5. The Labute approximate surface area is 196 Å². The third-order valence-corrected chi connectivity index (χ3v) is 7.34. The summed E-state index contributed by atoms with van der Waals surface area (Å²) >= 11 is 1.68. The number of benzene rings is 2. The number of esters is 1. The average Bonchev–Trinajstić information content (AvgIpc) is 3.20. The summed E-state index contributed by atoms with van der Waals surface area (Å²) in [5.74, 6) is 0.346. The van der Waals surface area contributed by atoms with Crippen LogP contribution < -0.4 is 5.56 Å². The van der Waals surface area contributed by atoms with Gasteiger partial charge in [-0.05, 0) is 68.9 Å². The minimum Gasteiger partial charge on any atom is -0.462 e. The zero-order chi connectivity index (χ0) is 22.9. The van der Waals surface area contributed by atoms with E-state index in [9.17, 15) is 9.59 Å². The second-order valence-corrected chi connectivity index (χ2v) is 9.59. The Kier molecular flexibility index (Phi) is 5.85. The molecule has 168 valence electrons. The third-order valence-electron chi connectivity index (χ3n) is 6.16. The largest absolute Gasteiger partial charge is 0.462 e. The molecule has 1 aliphatic carbocycles. The molecule has 0 aliphatic heterocycles. The Bertz CT molecular complexity index is 1400. The van der Waals surface area contributed by atoms with E-state index in [1.807, 2.05) is 37.3 Å². The molecule has 33 heavy (non-hydrogen) atoms. The number of nitrogens with zero attached hydrogens (tertiary/aromatic N) is 2. The lowest BCUT2D eigenvalue weighted by molar-refractivity contribution is 0.0526. The van der Waals surface area contributed by atoms with E-state index in [1.54, 1.807) is 35.0 Å². The first-order chi connectivity index (χ1) is 16.0. The van der Waals surface area contributed by atoms with Crippen LogP contribution >= 0.6 is 11.3 Å². The van der Waals surface area contributed by atoms with Crippen molar-refractivity contribution in [3.05, 3.63) is 86.0 Å². The van der Waals surface area contributed by atoms with Crippen LogP contribution in [0.4, 0.5) is 0 Å². The molecular weight excluding hydrogens is 432 g/mol. The Morgan fingerprint density at radius 1 is 1.12 bits per heavy atom. The molecule has 0 saturated carbocycles. The highest BCUT2D eigenvalue weighted by Gasteiger charge is 2.23. The van der Waals surface area contributed by atoms with E-state index in [1.165, 1.54) is 16.9 Å². The van der Waals surface area contributed by atoms with Gasteiger partial charge in [0.1, 0.15) is 10.7 Å². The summed E-state index contributed by atoms with van der Waals surface area (Å²) < 4.78 is 6.87. The Balaban J connectivity index is 1.64. The van der Waals surface area contributed by atoms with Crippen molar-refractivity contribution in [2.24, 2.45) is 0 Å². The lowest BCUT2D eigenvalue weighted by Gasteiger charge is -2.15. The van der Waals surface area contributed by atoms with Crippen LogP contribution in [-0.2, 0) is 24.1 Å². The fourth-order valence-corrected chi connectivity index (χ4v) is 5.78. The molecule has 1 aliphatic rings.